The maximum Gasteiger partial charge on any atom is 0.251 e. The summed E-state index contributed by atoms with van der Waals surface area (Å²) in [5.74, 6) is 0.944. The highest BCUT2D eigenvalue weighted by atomic mass is 127. The number of rotatable bonds is 8. The second kappa shape index (κ2) is 12.2. The van der Waals surface area contributed by atoms with E-state index in [2.05, 4.69) is 25.9 Å². The summed E-state index contributed by atoms with van der Waals surface area (Å²) in [5, 5.41) is 10.3. The van der Waals surface area contributed by atoms with Crippen LogP contribution >= 0.6 is 24.0 Å². The number of hydrogen-bond donors (Lipinski definition) is 4. The molecule has 2 aromatic carbocycles. The fraction of sp³-hybridized carbons (Fsp3) is 0.200. The van der Waals surface area contributed by atoms with Crippen LogP contribution in [0.4, 0.5) is 4.39 Å². The normalized spacial score (nSPS) is 11.2. The molecule has 1 amide bonds. The predicted octanol–water partition coefficient (Wildman–Crippen LogP) is 4.36. The molecule has 2 aromatic heterocycles. The molecule has 4 rings (SSSR count). The summed E-state index contributed by atoms with van der Waals surface area (Å²) >= 11 is 0. The number of aromatic amines is 1. The lowest BCUT2D eigenvalue weighted by Gasteiger charge is -2.12. The summed E-state index contributed by atoms with van der Waals surface area (Å²) < 4.78 is 18.8. The molecule has 0 fully saturated rings. The van der Waals surface area contributed by atoms with Crippen LogP contribution in [-0.2, 0) is 19.5 Å². The number of carbonyl (C=O) groups is 1. The van der Waals surface area contributed by atoms with Crippen LogP contribution in [0.1, 0.15) is 27.2 Å². The number of aliphatic imine (C=N–C) groups is 1. The zero-order valence-electron chi connectivity index (χ0n) is 18.7. The molecule has 7 nitrogen and oxygen atoms in total. The molecule has 34 heavy (non-hydrogen) atoms. The second-order valence-electron chi connectivity index (χ2n) is 7.57. The van der Waals surface area contributed by atoms with Crippen LogP contribution in [-0.4, -0.2) is 30.4 Å². The molecule has 0 bridgehead atoms. The first-order valence-corrected chi connectivity index (χ1v) is 10.7. The molecule has 0 aliphatic heterocycles. The van der Waals surface area contributed by atoms with Gasteiger partial charge in [0.2, 0.25) is 0 Å². The van der Waals surface area contributed by atoms with E-state index in [1.54, 1.807) is 37.6 Å². The van der Waals surface area contributed by atoms with Crippen molar-refractivity contribution >= 4 is 46.7 Å². The van der Waals surface area contributed by atoms with Crippen molar-refractivity contribution < 1.29 is 13.6 Å². The first kappa shape index (κ1) is 25.3. The molecule has 0 saturated heterocycles. The Bertz CT molecular complexity index is 1250. The van der Waals surface area contributed by atoms with Crippen molar-refractivity contribution in [2.45, 2.75) is 19.5 Å². The van der Waals surface area contributed by atoms with E-state index in [0.29, 0.717) is 36.9 Å². The van der Waals surface area contributed by atoms with Crippen molar-refractivity contribution in [1.29, 1.82) is 0 Å². The Hall–Kier alpha value is -3.34. The fourth-order valence-corrected chi connectivity index (χ4v) is 3.58. The standard InChI is InChI=1S/C25H26FN5O2.HI/c1-27-25(28-10-9-19-15-29-23-8-7-20(26)13-22(19)23)31-14-17-4-2-5-18(12-17)24(32)30-16-21-6-3-11-33-21;/h2-8,11-13,15,29H,9-10,14,16H2,1H3,(H,30,32)(H2,27,28,31);1H. The highest BCUT2D eigenvalue weighted by molar-refractivity contribution is 14.0. The molecular formula is C25H27FIN5O2. The van der Waals surface area contributed by atoms with Crippen molar-refractivity contribution in [3.05, 3.63) is 95.3 Å². The molecular weight excluding hydrogens is 548 g/mol. The Morgan fingerprint density at radius 1 is 1.06 bits per heavy atom. The lowest BCUT2D eigenvalue weighted by Crippen LogP contribution is -2.37. The van der Waals surface area contributed by atoms with Crippen molar-refractivity contribution in [2.24, 2.45) is 4.99 Å². The first-order valence-electron chi connectivity index (χ1n) is 10.7. The lowest BCUT2D eigenvalue weighted by atomic mass is 10.1. The highest BCUT2D eigenvalue weighted by Gasteiger charge is 2.08. The number of furan rings is 1. The van der Waals surface area contributed by atoms with Crippen LogP contribution in [0.5, 0.6) is 0 Å². The van der Waals surface area contributed by atoms with Gasteiger partial charge in [-0.1, -0.05) is 12.1 Å². The van der Waals surface area contributed by atoms with Gasteiger partial charge in [0, 0.05) is 42.8 Å². The van der Waals surface area contributed by atoms with Gasteiger partial charge >= 0.3 is 0 Å². The number of benzene rings is 2. The molecule has 0 atom stereocenters. The number of guanidine groups is 1. The van der Waals surface area contributed by atoms with Gasteiger partial charge < -0.3 is 25.4 Å². The largest absolute Gasteiger partial charge is 0.467 e. The van der Waals surface area contributed by atoms with Gasteiger partial charge in [0.25, 0.3) is 5.91 Å². The Balaban J connectivity index is 0.00000324. The van der Waals surface area contributed by atoms with E-state index in [4.69, 9.17) is 4.42 Å². The molecule has 4 aromatic rings. The van der Waals surface area contributed by atoms with Gasteiger partial charge in [-0.2, -0.15) is 0 Å². The quantitative estimate of drug-likeness (QED) is 0.143. The Morgan fingerprint density at radius 3 is 2.74 bits per heavy atom. The molecule has 0 saturated carbocycles. The number of aromatic nitrogens is 1. The summed E-state index contributed by atoms with van der Waals surface area (Å²) in [5.41, 5.74) is 3.49. The number of halogens is 2. The zero-order valence-corrected chi connectivity index (χ0v) is 21.1. The Labute approximate surface area is 214 Å². The van der Waals surface area contributed by atoms with Crippen molar-refractivity contribution in [3.8, 4) is 0 Å². The van der Waals surface area contributed by atoms with E-state index in [1.807, 2.05) is 30.5 Å². The number of hydrogen-bond acceptors (Lipinski definition) is 3. The maximum atomic E-state index is 13.6. The first-order chi connectivity index (χ1) is 16.1. The minimum Gasteiger partial charge on any atom is -0.467 e. The van der Waals surface area contributed by atoms with E-state index >= 15 is 0 Å². The van der Waals surface area contributed by atoms with Crippen LogP contribution < -0.4 is 16.0 Å². The van der Waals surface area contributed by atoms with E-state index in [9.17, 15) is 9.18 Å². The molecule has 0 spiro atoms. The molecule has 178 valence electrons. The topological polar surface area (TPSA) is 94.5 Å². The summed E-state index contributed by atoms with van der Waals surface area (Å²) in [6.45, 7) is 1.49. The molecule has 0 unspecified atom stereocenters. The Morgan fingerprint density at radius 2 is 1.94 bits per heavy atom. The summed E-state index contributed by atoms with van der Waals surface area (Å²) in [7, 11) is 1.70. The number of amides is 1. The van der Waals surface area contributed by atoms with Gasteiger partial charge in [0.15, 0.2) is 5.96 Å². The van der Waals surface area contributed by atoms with Gasteiger partial charge in [-0.05, 0) is 60.0 Å². The van der Waals surface area contributed by atoms with Crippen molar-refractivity contribution in [3.63, 3.8) is 0 Å². The van der Waals surface area contributed by atoms with E-state index in [1.165, 1.54) is 6.07 Å². The van der Waals surface area contributed by atoms with Gasteiger partial charge in [0.1, 0.15) is 11.6 Å². The summed E-state index contributed by atoms with van der Waals surface area (Å²) in [6.07, 6.45) is 4.20. The predicted molar refractivity (Wildman–Crippen MR) is 142 cm³/mol. The minimum absolute atomic E-state index is 0. The Kier molecular flexibility index (Phi) is 9.08. The van der Waals surface area contributed by atoms with E-state index < -0.39 is 0 Å². The van der Waals surface area contributed by atoms with Gasteiger partial charge in [-0.15, -0.1) is 24.0 Å². The SMILES string of the molecule is CN=C(NCCc1c[nH]c2ccc(F)cc12)NCc1cccc(C(=O)NCc2ccco2)c1.I. The van der Waals surface area contributed by atoms with Gasteiger partial charge in [-0.3, -0.25) is 9.79 Å². The van der Waals surface area contributed by atoms with E-state index in [0.717, 1.165) is 28.5 Å². The number of H-pyrrole nitrogens is 1. The van der Waals surface area contributed by atoms with Crippen molar-refractivity contribution in [2.75, 3.05) is 13.6 Å². The smallest absolute Gasteiger partial charge is 0.251 e. The van der Waals surface area contributed by atoms with Crippen molar-refractivity contribution in [1.82, 2.24) is 20.9 Å². The summed E-state index contributed by atoms with van der Waals surface area (Å²) in [4.78, 5) is 19.8. The molecule has 9 heteroatoms. The van der Waals surface area contributed by atoms with Crippen LogP contribution in [0.2, 0.25) is 0 Å². The number of nitrogens with zero attached hydrogens (tertiary/aromatic N) is 1. The van der Waals surface area contributed by atoms with Crippen LogP contribution in [0.15, 0.2) is 76.5 Å². The lowest BCUT2D eigenvalue weighted by molar-refractivity contribution is 0.0948. The number of fused-ring (bicyclic) bond motifs is 1. The average molecular weight is 575 g/mol. The highest BCUT2D eigenvalue weighted by Crippen LogP contribution is 2.19. The number of carbonyl (C=O) groups excluding carboxylic acids is 1. The molecule has 4 N–H and O–H groups in total. The summed E-state index contributed by atoms with van der Waals surface area (Å²) in [6, 6.07) is 15.8. The van der Waals surface area contributed by atoms with Crippen LogP contribution in [0.25, 0.3) is 10.9 Å². The third-order valence-corrected chi connectivity index (χ3v) is 5.29. The molecule has 0 aliphatic carbocycles. The van der Waals surface area contributed by atoms with Gasteiger partial charge in [0.05, 0.1) is 12.8 Å². The molecule has 0 radical (unpaired) electrons. The third-order valence-electron chi connectivity index (χ3n) is 5.29. The maximum absolute atomic E-state index is 13.6. The van der Waals surface area contributed by atoms with Gasteiger partial charge in [-0.25, -0.2) is 4.39 Å². The fourth-order valence-electron chi connectivity index (χ4n) is 3.58. The monoisotopic (exact) mass is 575 g/mol. The molecule has 0 aliphatic rings. The van der Waals surface area contributed by atoms with Crippen LogP contribution in [0, 0.1) is 5.82 Å². The third kappa shape index (κ3) is 6.60. The zero-order chi connectivity index (χ0) is 23.0. The minimum atomic E-state index is -0.245. The second-order valence-corrected chi connectivity index (χ2v) is 7.57. The van der Waals surface area contributed by atoms with E-state index in [-0.39, 0.29) is 35.7 Å². The molecule has 2 heterocycles. The average Bonchev–Trinajstić information content (AvgIpc) is 3.50. The number of nitrogens with one attached hydrogen (secondary N) is 4. The van der Waals surface area contributed by atoms with Crippen LogP contribution in [0.3, 0.4) is 0 Å².